The van der Waals surface area contributed by atoms with Gasteiger partial charge in [0, 0.05) is 12.4 Å². The summed E-state index contributed by atoms with van der Waals surface area (Å²) in [6, 6.07) is 17.2. The first-order valence-corrected chi connectivity index (χ1v) is 10.4. The van der Waals surface area contributed by atoms with E-state index in [1.165, 1.54) is 11.8 Å². The predicted molar refractivity (Wildman–Crippen MR) is 121 cm³/mol. The second kappa shape index (κ2) is 8.55. The number of rotatable bonds is 4. The van der Waals surface area contributed by atoms with E-state index >= 15 is 0 Å². The van der Waals surface area contributed by atoms with Crippen LogP contribution in [0.5, 0.6) is 5.75 Å². The minimum Gasteiger partial charge on any atom is -0.507 e. The molecular weight excluding hydrogens is 394 g/mol. The average molecular weight is 416 g/mol. The van der Waals surface area contributed by atoms with E-state index in [2.05, 4.69) is 4.98 Å². The largest absolute Gasteiger partial charge is 0.507 e. The number of aliphatic imine (C=N–C) groups is 1. The minimum absolute atomic E-state index is 0.0954. The quantitative estimate of drug-likeness (QED) is 0.594. The zero-order valence-electron chi connectivity index (χ0n) is 16.7. The van der Waals surface area contributed by atoms with Crippen LogP contribution in [-0.4, -0.2) is 26.1 Å². The number of aryl methyl sites for hydroxylation is 2. The number of aromatic nitrogens is 1. The molecule has 6 heteroatoms. The zero-order valence-corrected chi connectivity index (χ0v) is 17.6. The molecule has 1 fully saturated rings. The van der Waals surface area contributed by atoms with Crippen molar-refractivity contribution in [3.63, 3.8) is 0 Å². The third kappa shape index (κ3) is 4.28. The van der Waals surface area contributed by atoms with Gasteiger partial charge in [-0.15, -0.1) is 0 Å². The lowest BCUT2D eigenvalue weighted by Crippen LogP contribution is -2.28. The molecule has 0 saturated carbocycles. The van der Waals surface area contributed by atoms with Gasteiger partial charge < -0.3 is 5.11 Å². The summed E-state index contributed by atoms with van der Waals surface area (Å²) >= 11 is 1.36. The first-order valence-electron chi connectivity index (χ1n) is 9.55. The maximum Gasteiger partial charge on any atom is 0.267 e. The van der Waals surface area contributed by atoms with Crippen LogP contribution in [0.1, 0.15) is 22.3 Å². The SMILES string of the molecule is Cc1cc(C=C2SC(=Nc3ccccc3)N(Cc3cccnc3)C2=O)cc(C)c1O. The number of aromatic hydroxyl groups is 1. The molecule has 30 heavy (non-hydrogen) atoms. The van der Waals surface area contributed by atoms with Gasteiger partial charge in [0.25, 0.3) is 5.91 Å². The molecular formula is C24H21N3O2S. The van der Waals surface area contributed by atoms with Crippen molar-refractivity contribution in [2.75, 3.05) is 0 Å². The molecule has 2 heterocycles. The van der Waals surface area contributed by atoms with Gasteiger partial charge in [-0.05, 0) is 84.3 Å². The number of amidine groups is 1. The van der Waals surface area contributed by atoms with Gasteiger partial charge in [-0.3, -0.25) is 14.7 Å². The number of hydrogen-bond acceptors (Lipinski definition) is 5. The van der Waals surface area contributed by atoms with Gasteiger partial charge in [0.15, 0.2) is 5.17 Å². The van der Waals surface area contributed by atoms with E-state index in [4.69, 9.17) is 4.99 Å². The van der Waals surface area contributed by atoms with Crippen molar-refractivity contribution in [3.8, 4) is 5.75 Å². The number of amides is 1. The Morgan fingerprint density at radius 3 is 2.50 bits per heavy atom. The Bertz CT molecular complexity index is 1120. The molecule has 1 aliphatic rings. The highest BCUT2D eigenvalue weighted by Gasteiger charge is 2.33. The second-order valence-corrected chi connectivity index (χ2v) is 8.11. The van der Waals surface area contributed by atoms with E-state index in [0.717, 1.165) is 27.9 Å². The van der Waals surface area contributed by atoms with E-state index in [-0.39, 0.29) is 11.7 Å². The maximum atomic E-state index is 13.2. The predicted octanol–water partition coefficient (Wildman–Crippen LogP) is 5.21. The van der Waals surface area contributed by atoms with Crippen LogP contribution < -0.4 is 0 Å². The van der Waals surface area contributed by atoms with Gasteiger partial charge in [0.1, 0.15) is 5.75 Å². The molecule has 1 saturated heterocycles. The van der Waals surface area contributed by atoms with Crippen molar-refractivity contribution in [2.45, 2.75) is 20.4 Å². The molecule has 0 atom stereocenters. The highest BCUT2D eigenvalue weighted by atomic mass is 32.2. The summed E-state index contributed by atoms with van der Waals surface area (Å²) in [6.07, 6.45) is 5.33. The smallest absolute Gasteiger partial charge is 0.267 e. The number of thioether (sulfide) groups is 1. The molecule has 3 aromatic rings. The minimum atomic E-state index is -0.0954. The van der Waals surface area contributed by atoms with Crippen molar-refractivity contribution in [2.24, 2.45) is 4.99 Å². The summed E-state index contributed by atoms with van der Waals surface area (Å²) < 4.78 is 0. The van der Waals surface area contributed by atoms with Crippen LogP contribution in [0.15, 0.2) is 76.9 Å². The number of hydrogen-bond donors (Lipinski definition) is 1. The van der Waals surface area contributed by atoms with Crippen LogP contribution in [-0.2, 0) is 11.3 Å². The van der Waals surface area contributed by atoms with Crippen LogP contribution in [0, 0.1) is 13.8 Å². The number of benzene rings is 2. The van der Waals surface area contributed by atoms with Crippen LogP contribution >= 0.6 is 11.8 Å². The van der Waals surface area contributed by atoms with Crippen molar-refractivity contribution < 1.29 is 9.90 Å². The van der Waals surface area contributed by atoms with Crippen molar-refractivity contribution in [3.05, 3.63) is 94.1 Å². The van der Waals surface area contributed by atoms with E-state index < -0.39 is 0 Å². The molecule has 0 bridgehead atoms. The van der Waals surface area contributed by atoms with Crippen LogP contribution in [0.4, 0.5) is 5.69 Å². The fraction of sp³-hybridized carbons (Fsp3) is 0.125. The molecule has 1 aromatic heterocycles. The van der Waals surface area contributed by atoms with Crippen molar-refractivity contribution >= 4 is 34.6 Å². The highest BCUT2D eigenvalue weighted by Crippen LogP contribution is 2.36. The number of phenolic OH excluding ortho intramolecular Hbond substituents is 1. The Balaban J connectivity index is 1.72. The molecule has 1 aliphatic heterocycles. The van der Waals surface area contributed by atoms with Gasteiger partial charge in [-0.2, -0.15) is 0 Å². The molecule has 150 valence electrons. The van der Waals surface area contributed by atoms with Crippen molar-refractivity contribution in [1.82, 2.24) is 9.88 Å². The zero-order chi connectivity index (χ0) is 21.1. The van der Waals surface area contributed by atoms with Gasteiger partial charge >= 0.3 is 0 Å². The summed E-state index contributed by atoms with van der Waals surface area (Å²) in [5.41, 5.74) is 4.16. The number of nitrogens with zero attached hydrogens (tertiary/aromatic N) is 3. The Kier molecular flexibility index (Phi) is 5.68. The first-order chi connectivity index (χ1) is 14.5. The lowest BCUT2D eigenvalue weighted by atomic mass is 10.1. The Morgan fingerprint density at radius 1 is 1.10 bits per heavy atom. The topological polar surface area (TPSA) is 65.8 Å². The van der Waals surface area contributed by atoms with E-state index in [0.29, 0.717) is 16.6 Å². The summed E-state index contributed by atoms with van der Waals surface area (Å²) in [5, 5.41) is 10.7. The maximum absolute atomic E-state index is 13.2. The lowest BCUT2D eigenvalue weighted by Gasteiger charge is -2.15. The first kappa shape index (κ1) is 19.9. The van der Waals surface area contributed by atoms with Crippen LogP contribution in [0.25, 0.3) is 6.08 Å². The number of carbonyl (C=O) groups excluding carboxylic acids is 1. The fourth-order valence-corrected chi connectivity index (χ4v) is 4.24. The van der Waals surface area contributed by atoms with Crippen molar-refractivity contribution in [1.29, 1.82) is 0 Å². The summed E-state index contributed by atoms with van der Waals surface area (Å²) in [4.78, 5) is 24.4. The van der Waals surface area contributed by atoms with Gasteiger partial charge in [-0.25, -0.2) is 4.99 Å². The molecule has 5 nitrogen and oxygen atoms in total. The number of carbonyl (C=O) groups is 1. The number of para-hydroxylation sites is 1. The molecule has 1 amide bonds. The van der Waals surface area contributed by atoms with E-state index in [1.54, 1.807) is 17.3 Å². The molecule has 0 radical (unpaired) electrons. The van der Waals surface area contributed by atoms with E-state index in [1.807, 2.05) is 74.5 Å². The fourth-order valence-electron chi connectivity index (χ4n) is 3.24. The Hall–Kier alpha value is -3.38. The van der Waals surface area contributed by atoms with E-state index in [9.17, 15) is 9.90 Å². The second-order valence-electron chi connectivity index (χ2n) is 7.10. The number of phenols is 1. The average Bonchev–Trinajstić information content (AvgIpc) is 3.02. The molecule has 2 aromatic carbocycles. The van der Waals surface area contributed by atoms with Crippen LogP contribution in [0.3, 0.4) is 0 Å². The third-order valence-corrected chi connectivity index (χ3v) is 5.75. The van der Waals surface area contributed by atoms with Gasteiger partial charge in [0.2, 0.25) is 0 Å². The highest BCUT2D eigenvalue weighted by molar-refractivity contribution is 8.18. The molecule has 0 aliphatic carbocycles. The monoisotopic (exact) mass is 415 g/mol. The van der Waals surface area contributed by atoms with Gasteiger partial charge in [0.05, 0.1) is 17.1 Å². The molecule has 0 unspecified atom stereocenters. The lowest BCUT2D eigenvalue weighted by molar-refractivity contribution is -0.122. The molecule has 0 spiro atoms. The molecule has 4 rings (SSSR count). The normalized spacial score (nSPS) is 16.6. The Morgan fingerprint density at radius 2 is 1.83 bits per heavy atom. The van der Waals surface area contributed by atoms with Gasteiger partial charge in [-0.1, -0.05) is 24.3 Å². The molecule has 1 N–H and O–H groups in total. The standard InChI is InChI=1S/C24H21N3O2S/c1-16-11-19(12-17(2)22(16)28)13-21-23(29)27(15-18-7-6-10-25-14-18)24(30-21)26-20-8-4-3-5-9-20/h3-14,28H,15H2,1-2H3. The van der Waals surface area contributed by atoms with Crippen LogP contribution in [0.2, 0.25) is 0 Å². The Labute approximate surface area is 179 Å². The third-order valence-electron chi connectivity index (χ3n) is 4.74. The summed E-state index contributed by atoms with van der Waals surface area (Å²) in [5.74, 6) is 0.189. The number of pyridine rings is 1. The summed E-state index contributed by atoms with van der Waals surface area (Å²) in [7, 11) is 0. The summed E-state index contributed by atoms with van der Waals surface area (Å²) in [6.45, 7) is 4.10.